The lowest BCUT2D eigenvalue weighted by Gasteiger charge is -1.99. The SMILES string of the molecule is CCOC(=O)/C=c1\s/c(=C/C(=O)Nc2ccccc2)[nH]c1=O. The first-order valence-electron chi connectivity index (χ1n) is 6.54. The van der Waals surface area contributed by atoms with Crippen molar-refractivity contribution in [2.45, 2.75) is 6.92 Å². The Morgan fingerprint density at radius 2 is 2.00 bits per heavy atom. The highest BCUT2D eigenvalue weighted by atomic mass is 32.1. The normalized spacial score (nSPS) is 12.2. The van der Waals surface area contributed by atoms with Crippen molar-refractivity contribution in [2.24, 2.45) is 0 Å². The molecule has 0 aliphatic heterocycles. The Balaban J connectivity index is 2.21. The topological polar surface area (TPSA) is 88.3 Å². The number of aromatic nitrogens is 1. The molecule has 0 spiro atoms. The van der Waals surface area contributed by atoms with Crippen LogP contribution in [0.25, 0.3) is 12.2 Å². The van der Waals surface area contributed by atoms with Crippen molar-refractivity contribution in [1.29, 1.82) is 0 Å². The van der Waals surface area contributed by atoms with E-state index in [9.17, 15) is 14.4 Å². The Morgan fingerprint density at radius 3 is 2.68 bits per heavy atom. The zero-order valence-corrected chi connectivity index (χ0v) is 12.6. The molecule has 1 aromatic heterocycles. The van der Waals surface area contributed by atoms with Gasteiger partial charge >= 0.3 is 5.97 Å². The molecule has 7 heteroatoms. The molecular formula is C15H14N2O4S. The average Bonchev–Trinajstić information content (AvgIpc) is 2.79. The van der Waals surface area contributed by atoms with Crippen LogP contribution in [0.15, 0.2) is 35.1 Å². The third-order valence-electron chi connectivity index (χ3n) is 2.52. The highest BCUT2D eigenvalue weighted by Crippen LogP contribution is 2.04. The minimum Gasteiger partial charge on any atom is -0.463 e. The summed E-state index contributed by atoms with van der Waals surface area (Å²) in [6.45, 7) is 1.91. The zero-order valence-electron chi connectivity index (χ0n) is 11.8. The molecule has 0 saturated carbocycles. The third kappa shape index (κ3) is 4.42. The molecule has 0 atom stereocenters. The fourth-order valence-corrected chi connectivity index (χ4v) is 2.48. The predicted octanol–water partition coefficient (Wildman–Crippen LogP) is 0.199. The number of nitrogens with one attached hydrogen (secondary N) is 2. The molecule has 1 heterocycles. The van der Waals surface area contributed by atoms with E-state index in [1.54, 1.807) is 31.2 Å². The van der Waals surface area contributed by atoms with Crippen LogP contribution in [0, 0.1) is 0 Å². The number of esters is 1. The highest BCUT2D eigenvalue weighted by molar-refractivity contribution is 7.07. The van der Waals surface area contributed by atoms with Gasteiger partial charge in [0, 0.05) is 17.8 Å². The van der Waals surface area contributed by atoms with Gasteiger partial charge in [-0.25, -0.2) is 4.79 Å². The van der Waals surface area contributed by atoms with Crippen molar-refractivity contribution in [1.82, 2.24) is 4.98 Å². The summed E-state index contributed by atoms with van der Waals surface area (Å²) in [5, 5.41) is 2.67. The summed E-state index contributed by atoms with van der Waals surface area (Å²) < 4.78 is 5.29. The Bertz CT molecular complexity index is 836. The molecule has 6 nitrogen and oxygen atoms in total. The number of ether oxygens (including phenoxy) is 1. The van der Waals surface area contributed by atoms with Gasteiger partial charge in [0.1, 0.15) is 9.20 Å². The van der Waals surface area contributed by atoms with E-state index in [2.05, 4.69) is 10.3 Å². The van der Waals surface area contributed by atoms with Crippen LogP contribution in [0.3, 0.4) is 0 Å². The van der Waals surface area contributed by atoms with Gasteiger partial charge in [0.15, 0.2) is 0 Å². The van der Waals surface area contributed by atoms with Gasteiger partial charge in [-0.2, -0.15) is 0 Å². The fraction of sp³-hybridized carbons (Fsp3) is 0.133. The maximum atomic E-state index is 11.8. The Morgan fingerprint density at radius 1 is 1.27 bits per heavy atom. The van der Waals surface area contributed by atoms with E-state index in [1.165, 1.54) is 6.08 Å². The highest BCUT2D eigenvalue weighted by Gasteiger charge is 2.02. The van der Waals surface area contributed by atoms with Crippen LogP contribution in [0.1, 0.15) is 6.92 Å². The van der Waals surface area contributed by atoms with Crippen LogP contribution in [0.5, 0.6) is 0 Å². The van der Waals surface area contributed by atoms with Crippen molar-refractivity contribution >= 4 is 41.1 Å². The number of para-hydroxylation sites is 1. The Labute approximate surface area is 129 Å². The van der Waals surface area contributed by atoms with E-state index >= 15 is 0 Å². The van der Waals surface area contributed by atoms with Gasteiger partial charge in [-0.3, -0.25) is 9.59 Å². The van der Waals surface area contributed by atoms with E-state index in [1.807, 2.05) is 6.07 Å². The van der Waals surface area contributed by atoms with Crippen LogP contribution in [-0.2, 0) is 14.3 Å². The number of benzene rings is 1. The predicted molar refractivity (Wildman–Crippen MR) is 84.8 cm³/mol. The summed E-state index contributed by atoms with van der Waals surface area (Å²) in [6.07, 6.45) is 2.38. The molecule has 2 rings (SSSR count). The van der Waals surface area contributed by atoms with Crippen molar-refractivity contribution in [2.75, 3.05) is 11.9 Å². The molecule has 0 saturated heterocycles. The molecule has 114 valence electrons. The van der Waals surface area contributed by atoms with Gasteiger partial charge < -0.3 is 15.0 Å². The van der Waals surface area contributed by atoms with Crippen molar-refractivity contribution < 1.29 is 14.3 Å². The molecule has 0 aliphatic carbocycles. The minimum absolute atomic E-state index is 0.192. The average molecular weight is 318 g/mol. The van der Waals surface area contributed by atoms with Crippen molar-refractivity contribution in [3.63, 3.8) is 0 Å². The van der Waals surface area contributed by atoms with Crippen molar-refractivity contribution in [3.05, 3.63) is 49.9 Å². The lowest BCUT2D eigenvalue weighted by atomic mass is 10.3. The number of amides is 1. The van der Waals surface area contributed by atoms with Crippen LogP contribution < -0.4 is 20.1 Å². The van der Waals surface area contributed by atoms with Gasteiger partial charge in [-0.15, -0.1) is 11.3 Å². The Kier molecular flexibility index (Phi) is 5.26. The largest absolute Gasteiger partial charge is 0.463 e. The van der Waals surface area contributed by atoms with Crippen LogP contribution in [0.4, 0.5) is 5.69 Å². The summed E-state index contributed by atoms with van der Waals surface area (Å²) >= 11 is 1.01. The number of thiazole rings is 1. The molecule has 0 unspecified atom stereocenters. The number of carbonyl (C=O) groups is 2. The van der Waals surface area contributed by atoms with Crippen LogP contribution >= 0.6 is 11.3 Å². The van der Waals surface area contributed by atoms with E-state index < -0.39 is 11.5 Å². The first kappa shape index (κ1) is 15.7. The second kappa shape index (κ2) is 7.37. The van der Waals surface area contributed by atoms with E-state index in [-0.39, 0.29) is 17.0 Å². The van der Waals surface area contributed by atoms with E-state index in [0.717, 1.165) is 17.4 Å². The quantitative estimate of drug-likeness (QED) is 0.788. The monoisotopic (exact) mass is 318 g/mol. The van der Waals surface area contributed by atoms with Crippen molar-refractivity contribution in [3.8, 4) is 0 Å². The molecule has 0 aliphatic rings. The first-order chi connectivity index (χ1) is 10.6. The standard InChI is InChI=1S/C15H14N2O4S/c1-2-21-14(19)8-11-15(20)17-13(22-11)9-12(18)16-10-6-4-3-5-7-10/h3-9H,2H2,1H3,(H,16,18)(H,17,20)/b11-8-,13-9+. The van der Waals surface area contributed by atoms with Crippen LogP contribution in [-0.4, -0.2) is 23.5 Å². The number of hydrogen-bond acceptors (Lipinski definition) is 5. The number of rotatable bonds is 4. The summed E-state index contributed by atoms with van der Waals surface area (Å²) in [4.78, 5) is 37.4. The first-order valence-corrected chi connectivity index (χ1v) is 7.35. The second-order valence-electron chi connectivity index (χ2n) is 4.18. The minimum atomic E-state index is -0.588. The summed E-state index contributed by atoms with van der Waals surface area (Å²) in [6, 6.07) is 8.95. The maximum Gasteiger partial charge on any atom is 0.332 e. The van der Waals surface area contributed by atoms with Gasteiger partial charge in [-0.1, -0.05) is 18.2 Å². The number of hydrogen-bond donors (Lipinski definition) is 2. The molecule has 0 bridgehead atoms. The smallest absolute Gasteiger partial charge is 0.332 e. The maximum absolute atomic E-state index is 11.8. The molecule has 22 heavy (non-hydrogen) atoms. The summed E-state index contributed by atoms with van der Waals surface area (Å²) in [5.41, 5.74) is 0.220. The summed E-state index contributed by atoms with van der Waals surface area (Å²) in [7, 11) is 0. The fourth-order valence-electron chi connectivity index (χ4n) is 1.63. The van der Waals surface area contributed by atoms with Gasteiger partial charge in [-0.05, 0) is 19.1 Å². The molecule has 1 amide bonds. The van der Waals surface area contributed by atoms with E-state index in [0.29, 0.717) is 10.4 Å². The number of H-pyrrole nitrogens is 1. The lowest BCUT2D eigenvalue weighted by Crippen LogP contribution is -2.22. The second-order valence-corrected chi connectivity index (χ2v) is 5.26. The van der Waals surface area contributed by atoms with E-state index in [4.69, 9.17) is 4.74 Å². The molecule has 2 aromatic rings. The zero-order chi connectivity index (χ0) is 15.9. The molecule has 2 N–H and O–H groups in total. The third-order valence-corrected chi connectivity index (χ3v) is 3.48. The Hall–Kier alpha value is -2.67. The molecule has 0 radical (unpaired) electrons. The molecular weight excluding hydrogens is 304 g/mol. The molecule has 0 fully saturated rings. The number of aromatic amines is 1. The van der Waals surface area contributed by atoms with Crippen LogP contribution in [0.2, 0.25) is 0 Å². The number of anilines is 1. The van der Waals surface area contributed by atoms with Gasteiger partial charge in [0.2, 0.25) is 0 Å². The lowest BCUT2D eigenvalue weighted by molar-refractivity contribution is -0.135. The van der Waals surface area contributed by atoms with Gasteiger partial charge in [0.05, 0.1) is 6.61 Å². The number of carbonyl (C=O) groups excluding carboxylic acids is 2. The summed E-state index contributed by atoms with van der Waals surface area (Å²) in [5.74, 6) is -0.957. The van der Waals surface area contributed by atoms with Gasteiger partial charge in [0.25, 0.3) is 11.5 Å². The molecule has 1 aromatic carbocycles.